The molecule has 0 aliphatic rings. The fourth-order valence-electron chi connectivity index (χ4n) is 1.56. The Bertz CT molecular complexity index is 624. The highest BCUT2D eigenvalue weighted by atomic mass is 32.2. The Morgan fingerprint density at radius 2 is 1.89 bits per heavy atom. The van der Waals surface area contributed by atoms with Crippen LogP contribution >= 0.6 is 0 Å². The van der Waals surface area contributed by atoms with E-state index in [2.05, 4.69) is 9.71 Å². The summed E-state index contributed by atoms with van der Waals surface area (Å²) in [5, 5.41) is 0. The topological polar surface area (TPSA) is 59.1 Å². The second-order valence-corrected chi connectivity index (χ2v) is 5.71. The van der Waals surface area contributed by atoms with Gasteiger partial charge in [0.2, 0.25) is 10.0 Å². The lowest BCUT2D eigenvalue weighted by Crippen LogP contribution is -2.23. The van der Waals surface area contributed by atoms with Crippen molar-refractivity contribution in [3.63, 3.8) is 0 Å². The molecule has 0 fully saturated rings. The molecule has 0 unspecified atom stereocenters. The summed E-state index contributed by atoms with van der Waals surface area (Å²) < 4.78 is 26.6. The summed E-state index contributed by atoms with van der Waals surface area (Å²) in [6, 6.07) is 10.1. The van der Waals surface area contributed by atoms with E-state index in [1.165, 1.54) is 0 Å². The van der Waals surface area contributed by atoms with Crippen LogP contribution in [0.4, 0.5) is 0 Å². The third-order valence-corrected chi connectivity index (χ3v) is 4.06. The van der Waals surface area contributed by atoms with Crippen molar-refractivity contribution < 1.29 is 8.42 Å². The number of rotatable bonds is 4. The van der Waals surface area contributed by atoms with Gasteiger partial charge in [-0.2, -0.15) is 0 Å². The third-order valence-electron chi connectivity index (χ3n) is 2.64. The molecule has 1 heterocycles. The number of benzene rings is 1. The van der Waals surface area contributed by atoms with Crippen molar-refractivity contribution in [2.75, 3.05) is 0 Å². The van der Waals surface area contributed by atoms with E-state index in [9.17, 15) is 8.42 Å². The van der Waals surface area contributed by atoms with Crippen LogP contribution in [0.5, 0.6) is 0 Å². The molecule has 1 N–H and O–H groups in total. The minimum absolute atomic E-state index is 0.269. The number of nitrogens with one attached hydrogen (secondary N) is 1. The fraction of sp³-hybridized carbons (Fsp3) is 0.154. The number of nitrogens with zero attached hydrogens (tertiary/aromatic N) is 1. The first-order valence-electron chi connectivity index (χ1n) is 5.54. The highest BCUT2D eigenvalue weighted by Crippen LogP contribution is 2.10. The standard InChI is InChI=1S/C13H14N2O2S/c1-11-9-14-8-7-12(11)10-15-18(16,17)13-5-3-2-4-6-13/h2-9,15H,10H2,1H3. The first-order valence-corrected chi connectivity index (χ1v) is 7.02. The predicted molar refractivity (Wildman–Crippen MR) is 69.4 cm³/mol. The highest BCUT2D eigenvalue weighted by molar-refractivity contribution is 7.89. The van der Waals surface area contributed by atoms with Gasteiger partial charge in [-0.1, -0.05) is 18.2 Å². The van der Waals surface area contributed by atoms with Crippen molar-refractivity contribution in [2.45, 2.75) is 18.4 Å². The maximum absolute atomic E-state index is 12.0. The summed E-state index contributed by atoms with van der Waals surface area (Å²) in [7, 11) is -3.45. The maximum atomic E-state index is 12.0. The zero-order chi connectivity index (χ0) is 13.0. The Morgan fingerprint density at radius 3 is 2.56 bits per heavy atom. The first kappa shape index (κ1) is 12.7. The lowest BCUT2D eigenvalue weighted by atomic mass is 10.2. The second-order valence-electron chi connectivity index (χ2n) is 3.94. The summed E-state index contributed by atoms with van der Waals surface area (Å²) in [5.74, 6) is 0. The molecule has 0 aliphatic heterocycles. The summed E-state index contributed by atoms with van der Waals surface area (Å²) in [5.41, 5.74) is 1.89. The van der Waals surface area contributed by atoms with Gasteiger partial charge in [0.1, 0.15) is 0 Å². The molecule has 0 aliphatic carbocycles. The van der Waals surface area contributed by atoms with Gasteiger partial charge in [-0.05, 0) is 36.2 Å². The monoisotopic (exact) mass is 262 g/mol. The molecule has 2 rings (SSSR count). The molecular weight excluding hydrogens is 248 g/mol. The molecule has 4 nitrogen and oxygen atoms in total. The van der Waals surface area contributed by atoms with E-state index in [0.29, 0.717) is 0 Å². The first-order chi connectivity index (χ1) is 8.59. The number of hydrogen-bond acceptors (Lipinski definition) is 3. The molecule has 0 saturated carbocycles. The Labute approximate surface area is 107 Å². The Kier molecular flexibility index (Phi) is 3.74. The van der Waals surface area contributed by atoms with Crippen LogP contribution in [0.3, 0.4) is 0 Å². The van der Waals surface area contributed by atoms with E-state index in [1.54, 1.807) is 42.7 Å². The van der Waals surface area contributed by atoms with Gasteiger partial charge in [-0.25, -0.2) is 13.1 Å². The summed E-state index contributed by atoms with van der Waals surface area (Å²) in [6.07, 6.45) is 3.37. The van der Waals surface area contributed by atoms with Gasteiger partial charge < -0.3 is 0 Å². The Hall–Kier alpha value is -1.72. The lowest BCUT2D eigenvalue weighted by Gasteiger charge is -2.08. The summed E-state index contributed by atoms with van der Waals surface area (Å²) in [6.45, 7) is 2.17. The molecule has 0 radical (unpaired) electrons. The molecule has 18 heavy (non-hydrogen) atoms. The quantitative estimate of drug-likeness (QED) is 0.915. The van der Waals surface area contributed by atoms with E-state index in [0.717, 1.165) is 11.1 Å². The molecule has 2 aromatic rings. The van der Waals surface area contributed by atoms with Crippen molar-refractivity contribution in [1.82, 2.24) is 9.71 Å². The van der Waals surface area contributed by atoms with Gasteiger partial charge >= 0.3 is 0 Å². The minimum Gasteiger partial charge on any atom is -0.264 e. The molecule has 1 aromatic carbocycles. The number of hydrogen-bond donors (Lipinski definition) is 1. The lowest BCUT2D eigenvalue weighted by molar-refractivity contribution is 0.581. The SMILES string of the molecule is Cc1cnccc1CNS(=O)(=O)c1ccccc1. The maximum Gasteiger partial charge on any atom is 0.240 e. The normalized spacial score (nSPS) is 11.4. The average Bonchev–Trinajstić information content (AvgIpc) is 2.39. The molecular formula is C13H14N2O2S. The molecule has 94 valence electrons. The van der Waals surface area contributed by atoms with E-state index in [1.807, 2.05) is 13.0 Å². The van der Waals surface area contributed by atoms with E-state index < -0.39 is 10.0 Å². The molecule has 0 saturated heterocycles. The highest BCUT2D eigenvalue weighted by Gasteiger charge is 2.12. The van der Waals surface area contributed by atoms with Crippen LogP contribution in [-0.2, 0) is 16.6 Å². The van der Waals surface area contributed by atoms with Crippen LogP contribution in [0.2, 0.25) is 0 Å². The van der Waals surface area contributed by atoms with Crippen LogP contribution in [0.15, 0.2) is 53.7 Å². The minimum atomic E-state index is -3.45. The van der Waals surface area contributed by atoms with Gasteiger partial charge in [0.25, 0.3) is 0 Å². The van der Waals surface area contributed by atoms with Crippen molar-refractivity contribution in [2.24, 2.45) is 0 Å². The molecule has 0 atom stereocenters. The summed E-state index contributed by atoms with van der Waals surface area (Å²) >= 11 is 0. The third kappa shape index (κ3) is 2.94. The van der Waals surface area contributed by atoms with Crippen molar-refractivity contribution in [3.05, 3.63) is 59.9 Å². The number of sulfonamides is 1. The zero-order valence-corrected chi connectivity index (χ0v) is 10.8. The smallest absolute Gasteiger partial charge is 0.240 e. The fourth-order valence-corrected chi connectivity index (χ4v) is 2.58. The molecule has 0 spiro atoms. The number of pyridine rings is 1. The van der Waals surface area contributed by atoms with E-state index in [4.69, 9.17) is 0 Å². The second kappa shape index (κ2) is 5.29. The zero-order valence-electron chi connectivity index (χ0n) is 10.00. The number of aryl methyl sites for hydroxylation is 1. The van der Waals surface area contributed by atoms with Gasteiger partial charge in [0.05, 0.1) is 4.90 Å². The van der Waals surface area contributed by atoms with Crippen molar-refractivity contribution in [3.8, 4) is 0 Å². The van der Waals surface area contributed by atoms with E-state index in [-0.39, 0.29) is 11.4 Å². The van der Waals surface area contributed by atoms with Crippen LogP contribution < -0.4 is 4.72 Å². The Morgan fingerprint density at radius 1 is 1.17 bits per heavy atom. The number of aromatic nitrogens is 1. The van der Waals surface area contributed by atoms with Gasteiger partial charge in [0, 0.05) is 18.9 Å². The van der Waals surface area contributed by atoms with Crippen LogP contribution in [0.1, 0.15) is 11.1 Å². The molecule has 5 heteroatoms. The molecule has 1 aromatic heterocycles. The van der Waals surface area contributed by atoms with E-state index >= 15 is 0 Å². The van der Waals surface area contributed by atoms with Crippen LogP contribution in [0.25, 0.3) is 0 Å². The van der Waals surface area contributed by atoms with Crippen LogP contribution in [-0.4, -0.2) is 13.4 Å². The Balaban J connectivity index is 2.14. The van der Waals surface area contributed by atoms with Gasteiger partial charge in [0.15, 0.2) is 0 Å². The van der Waals surface area contributed by atoms with Gasteiger partial charge in [-0.3, -0.25) is 4.98 Å². The van der Waals surface area contributed by atoms with Gasteiger partial charge in [-0.15, -0.1) is 0 Å². The predicted octanol–water partition coefficient (Wildman–Crippen LogP) is 1.87. The van der Waals surface area contributed by atoms with Crippen molar-refractivity contribution >= 4 is 10.0 Å². The molecule has 0 bridgehead atoms. The summed E-state index contributed by atoms with van der Waals surface area (Å²) in [4.78, 5) is 4.25. The largest absolute Gasteiger partial charge is 0.264 e. The average molecular weight is 262 g/mol. The van der Waals surface area contributed by atoms with Crippen molar-refractivity contribution in [1.29, 1.82) is 0 Å². The molecule has 0 amide bonds. The van der Waals surface area contributed by atoms with Crippen LogP contribution in [0, 0.1) is 6.92 Å².